The number of nitrogens with one attached hydrogen (secondary N) is 3. The molecule has 0 saturated carbocycles. The Labute approximate surface area is 124 Å². The molecular weight excluding hydrogens is 270 g/mol. The molecule has 0 aromatic heterocycles. The van der Waals surface area contributed by atoms with Gasteiger partial charge in [0.15, 0.2) is 0 Å². The predicted molar refractivity (Wildman–Crippen MR) is 79.1 cm³/mol. The van der Waals surface area contributed by atoms with Gasteiger partial charge in [-0.05, 0) is 36.2 Å². The molecule has 0 aliphatic carbocycles. The van der Waals surface area contributed by atoms with Gasteiger partial charge in [0.05, 0.1) is 13.2 Å². The van der Waals surface area contributed by atoms with Gasteiger partial charge >= 0.3 is 0 Å². The lowest BCUT2D eigenvalue weighted by Crippen LogP contribution is -2.38. The van der Waals surface area contributed by atoms with E-state index in [0.29, 0.717) is 18.7 Å². The number of hydrogen-bond donors (Lipinski definition) is 3. The molecule has 1 aromatic rings. The van der Waals surface area contributed by atoms with Crippen LogP contribution in [-0.2, 0) is 22.5 Å². The first kappa shape index (κ1) is 15.5. The van der Waals surface area contributed by atoms with E-state index < -0.39 is 0 Å². The predicted octanol–water partition coefficient (Wildman–Crippen LogP) is -0.175. The second-order valence-electron chi connectivity index (χ2n) is 4.94. The molecular formula is C15H21N3O3. The van der Waals surface area contributed by atoms with Gasteiger partial charge in [-0.1, -0.05) is 6.07 Å². The summed E-state index contributed by atoms with van der Waals surface area (Å²) in [4.78, 5) is 23.5. The van der Waals surface area contributed by atoms with Crippen molar-refractivity contribution in [2.24, 2.45) is 0 Å². The number of methoxy groups -OCH3 is 1. The van der Waals surface area contributed by atoms with E-state index in [1.54, 1.807) is 7.11 Å². The molecule has 1 aliphatic heterocycles. The summed E-state index contributed by atoms with van der Waals surface area (Å²) in [6, 6.07) is 5.69. The topological polar surface area (TPSA) is 79.5 Å². The molecule has 6 nitrogen and oxygen atoms in total. The average Bonchev–Trinajstić information content (AvgIpc) is 2.52. The van der Waals surface area contributed by atoms with E-state index in [2.05, 4.69) is 16.0 Å². The summed E-state index contributed by atoms with van der Waals surface area (Å²) in [5, 5.41) is 8.55. The highest BCUT2D eigenvalue weighted by Gasteiger charge is 2.13. The molecule has 0 bridgehead atoms. The van der Waals surface area contributed by atoms with Gasteiger partial charge in [0.1, 0.15) is 0 Å². The number of amides is 2. The first-order valence-corrected chi connectivity index (χ1v) is 7.07. The summed E-state index contributed by atoms with van der Waals surface area (Å²) in [6.07, 6.45) is 0.985. The minimum absolute atomic E-state index is 0.0299. The number of rotatable bonds is 6. The van der Waals surface area contributed by atoms with Gasteiger partial charge in [-0.15, -0.1) is 0 Å². The Hall–Kier alpha value is -1.92. The zero-order valence-electron chi connectivity index (χ0n) is 12.2. The van der Waals surface area contributed by atoms with Crippen LogP contribution in [-0.4, -0.2) is 45.2 Å². The number of carbonyl (C=O) groups excluding carboxylic acids is 2. The highest BCUT2D eigenvalue weighted by molar-refractivity contribution is 5.96. The van der Waals surface area contributed by atoms with E-state index in [1.165, 1.54) is 5.56 Å². The fourth-order valence-electron chi connectivity index (χ4n) is 2.24. The van der Waals surface area contributed by atoms with Crippen molar-refractivity contribution in [1.82, 2.24) is 16.0 Å². The number of fused-ring (bicyclic) bond motifs is 1. The lowest BCUT2D eigenvalue weighted by atomic mass is 9.98. The molecule has 2 amide bonds. The van der Waals surface area contributed by atoms with Crippen molar-refractivity contribution in [3.05, 3.63) is 34.9 Å². The summed E-state index contributed by atoms with van der Waals surface area (Å²) in [6.45, 7) is 2.62. The molecule has 3 N–H and O–H groups in total. The van der Waals surface area contributed by atoms with Crippen molar-refractivity contribution in [2.45, 2.75) is 13.0 Å². The fraction of sp³-hybridized carbons (Fsp3) is 0.467. The number of ether oxygens (including phenoxy) is 1. The molecule has 114 valence electrons. The molecule has 6 heteroatoms. The van der Waals surface area contributed by atoms with Crippen LogP contribution in [0.25, 0.3) is 0 Å². The van der Waals surface area contributed by atoms with Crippen LogP contribution in [0, 0.1) is 0 Å². The molecule has 21 heavy (non-hydrogen) atoms. The van der Waals surface area contributed by atoms with Gasteiger partial charge in [0, 0.05) is 25.8 Å². The highest BCUT2D eigenvalue weighted by Crippen LogP contribution is 2.15. The lowest BCUT2D eigenvalue weighted by molar-refractivity contribution is -0.120. The van der Waals surface area contributed by atoms with Crippen molar-refractivity contribution < 1.29 is 14.3 Å². The Morgan fingerprint density at radius 2 is 2.14 bits per heavy atom. The molecule has 0 radical (unpaired) electrons. The Kier molecular flexibility index (Phi) is 5.71. The molecule has 1 heterocycles. The summed E-state index contributed by atoms with van der Waals surface area (Å²) < 4.78 is 4.83. The van der Waals surface area contributed by atoms with Crippen LogP contribution in [0.4, 0.5) is 0 Å². The molecule has 0 unspecified atom stereocenters. The van der Waals surface area contributed by atoms with E-state index in [4.69, 9.17) is 4.74 Å². The third kappa shape index (κ3) is 4.54. The molecule has 0 saturated heterocycles. The Morgan fingerprint density at radius 1 is 1.29 bits per heavy atom. The minimum Gasteiger partial charge on any atom is -0.383 e. The maximum Gasteiger partial charge on any atom is 0.251 e. The second kappa shape index (κ2) is 7.75. The van der Waals surface area contributed by atoms with E-state index in [-0.39, 0.29) is 18.4 Å². The van der Waals surface area contributed by atoms with Gasteiger partial charge in [-0.3, -0.25) is 9.59 Å². The SMILES string of the molecule is COCCNC(=O)CNC(=O)c1ccc2c(c1)CNCC2. The molecule has 0 spiro atoms. The van der Waals surface area contributed by atoms with Crippen molar-refractivity contribution in [3.63, 3.8) is 0 Å². The Morgan fingerprint density at radius 3 is 2.95 bits per heavy atom. The second-order valence-corrected chi connectivity index (χ2v) is 4.94. The summed E-state index contributed by atoms with van der Waals surface area (Å²) in [7, 11) is 1.57. The Bertz CT molecular complexity index is 517. The van der Waals surface area contributed by atoms with Crippen molar-refractivity contribution in [3.8, 4) is 0 Å². The van der Waals surface area contributed by atoms with Crippen LogP contribution < -0.4 is 16.0 Å². The first-order valence-electron chi connectivity index (χ1n) is 7.07. The largest absolute Gasteiger partial charge is 0.383 e. The van der Waals surface area contributed by atoms with E-state index >= 15 is 0 Å². The minimum atomic E-state index is -0.231. The number of carbonyl (C=O) groups is 2. The van der Waals surface area contributed by atoms with Crippen LogP contribution in [0.3, 0.4) is 0 Å². The first-order chi connectivity index (χ1) is 10.2. The average molecular weight is 291 g/mol. The summed E-state index contributed by atoms with van der Waals surface area (Å²) in [5.41, 5.74) is 3.02. The molecule has 0 atom stereocenters. The zero-order valence-corrected chi connectivity index (χ0v) is 12.2. The molecule has 1 aromatic carbocycles. The number of benzene rings is 1. The van der Waals surface area contributed by atoms with E-state index in [9.17, 15) is 9.59 Å². The fourth-order valence-corrected chi connectivity index (χ4v) is 2.24. The van der Waals surface area contributed by atoms with Crippen LogP contribution in [0.5, 0.6) is 0 Å². The lowest BCUT2D eigenvalue weighted by Gasteiger charge is -2.17. The quantitative estimate of drug-likeness (QED) is 0.636. The van der Waals surface area contributed by atoms with Gasteiger partial charge in [-0.25, -0.2) is 0 Å². The summed E-state index contributed by atoms with van der Waals surface area (Å²) in [5.74, 6) is -0.453. The zero-order chi connectivity index (χ0) is 15.1. The van der Waals surface area contributed by atoms with E-state index in [0.717, 1.165) is 25.1 Å². The van der Waals surface area contributed by atoms with Gasteiger partial charge in [-0.2, -0.15) is 0 Å². The monoisotopic (exact) mass is 291 g/mol. The van der Waals surface area contributed by atoms with Crippen LogP contribution in [0.2, 0.25) is 0 Å². The van der Waals surface area contributed by atoms with Crippen LogP contribution >= 0.6 is 0 Å². The van der Waals surface area contributed by atoms with Crippen LogP contribution in [0.15, 0.2) is 18.2 Å². The maximum atomic E-state index is 12.0. The smallest absolute Gasteiger partial charge is 0.251 e. The van der Waals surface area contributed by atoms with E-state index in [1.807, 2.05) is 18.2 Å². The Balaban J connectivity index is 1.84. The molecule has 1 aliphatic rings. The molecule has 2 rings (SSSR count). The highest BCUT2D eigenvalue weighted by atomic mass is 16.5. The van der Waals surface area contributed by atoms with Gasteiger partial charge in [0.25, 0.3) is 5.91 Å². The normalized spacial score (nSPS) is 13.4. The third-order valence-corrected chi connectivity index (χ3v) is 3.39. The maximum absolute atomic E-state index is 12.0. The van der Waals surface area contributed by atoms with Gasteiger partial charge < -0.3 is 20.7 Å². The number of hydrogen-bond acceptors (Lipinski definition) is 4. The van der Waals surface area contributed by atoms with Crippen molar-refractivity contribution in [2.75, 3.05) is 33.4 Å². The standard InChI is InChI=1S/C15H21N3O3/c1-21-7-6-17-14(19)10-18-15(20)12-3-2-11-4-5-16-9-13(11)8-12/h2-3,8,16H,4-7,9-10H2,1H3,(H,17,19)(H,18,20). The molecule has 0 fully saturated rings. The van der Waals surface area contributed by atoms with Crippen LogP contribution in [0.1, 0.15) is 21.5 Å². The summed E-state index contributed by atoms with van der Waals surface area (Å²) >= 11 is 0. The van der Waals surface area contributed by atoms with Crippen molar-refractivity contribution in [1.29, 1.82) is 0 Å². The van der Waals surface area contributed by atoms with Gasteiger partial charge in [0.2, 0.25) is 5.91 Å². The van der Waals surface area contributed by atoms with Crippen molar-refractivity contribution >= 4 is 11.8 Å². The third-order valence-electron chi connectivity index (χ3n) is 3.39.